The highest BCUT2D eigenvalue weighted by atomic mass is 32.1. The maximum absolute atomic E-state index is 12.1. The highest BCUT2D eigenvalue weighted by Gasteiger charge is 2.27. The molecule has 0 spiro atoms. The van der Waals surface area contributed by atoms with Gasteiger partial charge in [0.15, 0.2) is 0 Å². The molecule has 0 aromatic carbocycles. The summed E-state index contributed by atoms with van der Waals surface area (Å²) < 4.78 is 0. The SMILES string of the molecule is CC(C)(C)N1CCN(C(=O)Cc2cccs2)CC1. The van der Waals surface area contributed by atoms with Gasteiger partial charge < -0.3 is 4.90 Å². The smallest absolute Gasteiger partial charge is 0.227 e. The summed E-state index contributed by atoms with van der Waals surface area (Å²) in [6.07, 6.45) is 0.563. The molecule has 0 atom stereocenters. The van der Waals surface area contributed by atoms with E-state index in [0.717, 1.165) is 26.2 Å². The summed E-state index contributed by atoms with van der Waals surface area (Å²) in [4.78, 5) is 17.7. The fraction of sp³-hybridized carbons (Fsp3) is 0.643. The average molecular weight is 266 g/mol. The normalized spacial score (nSPS) is 18.1. The van der Waals surface area contributed by atoms with Gasteiger partial charge in [0.25, 0.3) is 0 Å². The highest BCUT2D eigenvalue weighted by molar-refractivity contribution is 7.10. The Morgan fingerprint density at radius 3 is 2.44 bits per heavy atom. The van der Waals surface area contributed by atoms with Gasteiger partial charge in [-0.1, -0.05) is 6.07 Å². The summed E-state index contributed by atoms with van der Waals surface area (Å²) in [5, 5.41) is 2.03. The molecule has 0 unspecified atom stereocenters. The van der Waals surface area contributed by atoms with Crippen LogP contribution in [0.25, 0.3) is 0 Å². The van der Waals surface area contributed by atoms with Crippen LogP contribution in [-0.2, 0) is 11.2 Å². The van der Waals surface area contributed by atoms with Crippen LogP contribution in [0, 0.1) is 0 Å². The lowest BCUT2D eigenvalue weighted by Crippen LogP contribution is -2.54. The van der Waals surface area contributed by atoms with Crippen molar-refractivity contribution >= 4 is 17.2 Å². The predicted molar refractivity (Wildman–Crippen MR) is 75.9 cm³/mol. The maximum atomic E-state index is 12.1. The second-order valence-electron chi connectivity index (χ2n) is 5.79. The molecule has 0 saturated carbocycles. The van der Waals surface area contributed by atoms with Crippen molar-refractivity contribution in [2.24, 2.45) is 0 Å². The molecule has 0 aliphatic carbocycles. The molecule has 1 saturated heterocycles. The lowest BCUT2D eigenvalue weighted by molar-refractivity contribution is -0.132. The van der Waals surface area contributed by atoms with Crippen molar-refractivity contribution in [3.63, 3.8) is 0 Å². The van der Waals surface area contributed by atoms with E-state index in [2.05, 4.69) is 25.7 Å². The molecule has 3 nitrogen and oxygen atoms in total. The third kappa shape index (κ3) is 3.33. The molecule has 0 radical (unpaired) electrons. The Labute approximate surface area is 113 Å². The topological polar surface area (TPSA) is 23.6 Å². The Bertz CT molecular complexity index is 386. The number of amides is 1. The number of piperazine rings is 1. The molecule has 18 heavy (non-hydrogen) atoms. The van der Waals surface area contributed by atoms with Gasteiger partial charge in [-0.25, -0.2) is 0 Å². The van der Waals surface area contributed by atoms with E-state index in [0.29, 0.717) is 6.42 Å². The lowest BCUT2D eigenvalue weighted by atomic mass is 10.0. The molecule has 1 fully saturated rings. The molecule has 1 aromatic heterocycles. The third-order valence-electron chi connectivity index (χ3n) is 3.49. The Hall–Kier alpha value is -0.870. The van der Waals surface area contributed by atoms with Gasteiger partial charge in [-0.2, -0.15) is 0 Å². The first-order valence-corrected chi connectivity index (χ1v) is 7.40. The van der Waals surface area contributed by atoms with E-state index < -0.39 is 0 Å². The molecule has 0 N–H and O–H groups in total. The zero-order valence-electron chi connectivity index (χ0n) is 11.5. The van der Waals surface area contributed by atoms with Crippen molar-refractivity contribution in [3.8, 4) is 0 Å². The average Bonchev–Trinajstić information content (AvgIpc) is 2.81. The molecule has 1 amide bonds. The van der Waals surface area contributed by atoms with Gasteiger partial charge in [0.1, 0.15) is 0 Å². The Balaban J connectivity index is 1.84. The molecule has 1 aliphatic rings. The van der Waals surface area contributed by atoms with Gasteiger partial charge >= 0.3 is 0 Å². The van der Waals surface area contributed by atoms with Crippen LogP contribution in [0.3, 0.4) is 0 Å². The van der Waals surface area contributed by atoms with E-state index in [-0.39, 0.29) is 11.4 Å². The first-order valence-electron chi connectivity index (χ1n) is 6.52. The summed E-state index contributed by atoms with van der Waals surface area (Å²) in [5.74, 6) is 0.269. The Morgan fingerprint density at radius 2 is 1.94 bits per heavy atom. The molecular formula is C14H22N2OS. The minimum atomic E-state index is 0.211. The Morgan fingerprint density at radius 1 is 1.28 bits per heavy atom. The number of carbonyl (C=O) groups excluding carboxylic acids is 1. The number of hydrogen-bond acceptors (Lipinski definition) is 3. The van der Waals surface area contributed by atoms with Crippen molar-refractivity contribution in [2.75, 3.05) is 26.2 Å². The van der Waals surface area contributed by atoms with E-state index in [1.165, 1.54) is 4.88 Å². The molecule has 1 aliphatic heterocycles. The van der Waals surface area contributed by atoms with Crippen LogP contribution in [0.1, 0.15) is 25.6 Å². The lowest BCUT2D eigenvalue weighted by Gasteiger charge is -2.42. The van der Waals surface area contributed by atoms with E-state index in [9.17, 15) is 4.79 Å². The minimum Gasteiger partial charge on any atom is -0.340 e. The standard InChI is InChI=1S/C14H22N2OS/c1-14(2,3)16-8-6-15(7-9-16)13(17)11-12-5-4-10-18-12/h4-5,10H,6-9,11H2,1-3H3. The number of carbonyl (C=O) groups is 1. The van der Waals surface area contributed by atoms with Gasteiger partial charge in [0.2, 0.25) is 5.91 Å². The number of nitrogens with zero attached hydrogens (tertiary/aromatic N) is 2. The summed E-state index contributed by atoms with van der Waals surface area (Å²) in [6.45, 7) is 10.4. The van der Waals surface area contributed by atoms with Crippen LogP contribution in [0.5, 0.6) is 0 Å². The van der Waals surface area contributed by atoms with Crippen molar-refractivity contribution in [3.05, 3.63) is 22.4 Å². The summed E-state index contributed by atoms with van der Waals surface area (Å²) in [7, 11) is 0. The third-order valence-corrected chi connectivity index (χ3v) is 4.36. The van der Waals surface area contributed by atoms with E-state index >= 15 is 0 Å². The second-order valence-corrected chi connectivity index (χ2v) is 6.83. The summed E-state index contributed by atoms with van der Waals surface area (Å²) in [5.41, 5.74) is 0.211. The van der Waals surface area contributed by atoms with Gasteiger partial charge in [-0.3, -0.25) is 9.69 Å². The molecule has 2 heterocycles. The fourth-order valence-corrected chi connectivity index (χ4v) is 3.00. The first kappa shape index (κ1) is 13.6. The molecule has 2 rings (SSSR count). The van der Waals surface area contributed by atoms with Gasteiger partial charge in [-0.05, 0) is 32.2 Å². The van der Waals surface area contributed by atoms with Gasteiger partial charge in [0, 0.05) is 36.6 Å². The molecule has 4 heteroatoms. The quantitative estimate of drug-likeness (QED) is 0.819. The van der Waals surface area contributed by atoms with Crippen LogP contribution in [0.15, 0.2) is 17.5 Å². The minimum absolute atomic E-state index is 0.211. The van der Waals surface area contributed by atoms with Crippen molar-refractivity contribution < 1.29 is 4.79 Å². The summed E-state index contributed by atoms with van der Waals surface area (Å²) in [6, 6.07) is 4.04. The van der Waals surface area contributed by atoms with E-state index in [1.54, 1.807) is 11.3 Å². The number of hydrogen-bond donors (Lipinski definition) is 0. The number of rotatable bonds is 2. The fourth-order valence-electron chi connectivity index (χ4n) is 2.30. The molecule has 100 valence electrons. The van der Waals surface area contributed by atoms with Crippen LogP contribution >= 0.6 is 11.3 Å². The summed E-state index contributed by atoms with van der Waals surface area (Å²) >= 11 is 1.66. The van der Waals surface area contributed by atoms with Crippen molar-refractivity contribution in [2.45, 2.75) is 32.7 Å². The van der Waals surface area contributed by atoms with Gasteiger partial charge in [0.05, 0.1) is 6.42 Å². The molecule has 0 bridgehead atoms. The first-order chi connectivity index (χ1) is 8.47. The number of thiophene rings is 1. The second kappa shape index (κ2) is 5.41. The molecular weight excluding hydrogens is 244 g/mol. The van der Waals surface area contributed by atoms with Crippen LogP contribution in [0.2, 0.25) is 0 Å². The molecule has 1 aromatic rings. The van der Waals surface area contributed by atoms with E-state index in [4.69, 9.17) is 0 Å². The highest BCUT2D eigenvalue weighted by Crippen LogP contribution is 2.17. The van der Waals surface area contributed by atoms with Gasteiger partial charge in [-0.15, -0.1) is 11.3 Å². The van der Waals surface area contributed by atoms with Crippen LogP contribution in [-0.4, -0.2) is 47.4 Å². The van der Waals surface area contributed by atoms with Crippen molar-refractivity contribution in [1.29, 1.82) is 0 Å². The van der Waals surface area contributed by atoms with Crippen LogP contribution < -0.4 is 0 Å². The van der Waals surface area contributed by atoms with E-state index in [1.807, 2.05) is 22.4 Å². The Kier molecular flexibility index (Phi) is 4.07. The maximum Gasteiger partial charge on any atom is 0.227 e. The predicted octanol–water partition coefficient (Wildman–Crippen LogP) is 2.23. The monoisotopic (exact) mass is 266 g/mol. The zero-order chi connectivity index (χ0) is 13.2. The largest absolute Gasteiger partial charge is 0.340 e. The zero-order valence-corrected chi connectivity index (χ0v) is 12.3. The van der Waals surface area contributed by atoms with Crippen molar-refractivity contribution in [1.82, 2.24) is 9.80 Å². The van der Waals surface area contributed by atoms with Crippen LogP contribution in [0.4, 0.5) is 0 Å².